The van der Waals surface area contributed by atoms with Gasteiger partial charge in [0, 0.05) is 11.5 Å². The van der Waals surface area contributed by atoms with Gasteiger partial charge >= 0.3 is 0 Å². The highest BCUT2D eigenvalue weighted by Crippen LogP contribution is 2.21. The molecule has 0 aliphatic carbocycles. The molecule has 0 fully saturated rings. The zero-order valence-corrected chi connectivity index (χ0v) is 6.07. The average Bonchev–Trinajstić information content (AvgIpc) is 2.50. The molecule has 0 aliphatic rings. The molecular weight excluding hydrogens is 154 g/mol. The van der Waals surface area contributed by atoms with Crippen molar-refractivity contribution in [2.45, 2.75) is 0 Å². The van der Waals surface area contributed by atoms with Crippen molar-refractivity contribution in [1.82, 2.24) is 10.2 Å². The summed E-state index contributed by atoms with van der Waals surface area (Å²) in [6.07, 6.45) is 1.56. The molecule has 1 aromatic carbocycles. The third-order valence-corrected chi connectivity index (χ3v) is 1.66. The molecule has 12 heavy (non-hydrogen) atoms. The van der Waals surface area contributed by atoms with Gasteiger partial charge in [-0.15, -0.1) is 0 Å². The summed E-state index contributed by atoms with van der Waals surface area (Å²) < 4.78 is 0. The lowest BCUT2D eigenvalue weighted by atomic mass is 10.1. The molecule has 0 saturated heterocycles. The summed E-state index contributed by atoms with van der Waals surface area (Å²) in [7, 11) is 0. The van der Waals surface area contributed by atoms with Crippen LogP contribution in [-0.4, -0.2) is 15.3 Å². The second kappa shape index (κ2) is 2.24. The first kappa shape index (κ1) is 6.68. The Morgan fingerprint density at radius 2 is 2.33 bits per heavy atom. The lowest BCUT2D eigenvalue weighted by Gasteiger charge is -1.93. The van der Waals surface area contributed by atoms with E-state index in [-0.39, 0.29) is 5.75 Å². The Balaban J connectivity index is 2.91. The van der Waals surface area contributed by atoms with Crippen molar-refractivity contribution < 1.29 is 5.11 Å². The van der Waals surface area contributed by atoms with Crippen LogP contribution in [0.1, 0.15) is 5.56 Å². The Hall–Kier alpha value is -2.02. The van der Waals surface area contributed by atoms with E-state index in [1.54, 1.807) is 6.20 Å². The zero-order chi connectivity index (χ0) is 8.55. The third-order valence-electron chi connectivity index (χ3n) is 1.66. The number of aromatic nitrogens is 2. The van der Waals surface area contributed by atoms with Crippen LogP contribution in [0.5, 0.6) is 5.75 Å². The van der Waals surface area contributed by atoms with E-state index in [4.69, 9.17) is 10.4 Å². The minimum absolute atomic E-state index is 0.0725. The molecule has 2 N–H and O–H groups in total. The van der Waals surface area contributed by atoms with E-state index in [0.29, 0.717) is 11.1 Å². The number of rotatable bonds is 0. The largest absolute Gasteiger partial charge is 0.508 e. The van der Waals surface area contributed by atoms with E-state index in [0.717, 1.165) is 5.39 Å². The molecule has 0 saturated carbocycles. The molecule has 4 heteroatoms. The molecule has 1 aromatic heterocycles. The van der Waals surface area contributed by atoms with Crippen molar-refractivity contribution in [3.8, 4) is 11.8 Å². The highest BCUT2D eigenvalue weighted by atomic mass is 16.3. The second-order valence-corrected chi connectivity index (χ2v) is 2.44. The van der Waals surface area contributed by atoms with Gasteiger partial charge in [0.05, 0.1) is 17.3 Å². The van der Waals surface area contributed by atoms with Crippen molar-refractivity contribution >= 4 is 10.9 Å². The van der Waals surface area contributed by atoms with Crippen molar-refractivity contribution in [1.29, 1.82) is 5.26 Å². The van der Waals surface area contributed by atoms with Crippen LogP contribution in [0.3, 0.4) is 0 Å². The van der Waals surface area contributed by atoms with Gasteiger partial charge in [-0.1, -0.05) is 0 Å². The first-order chi connectivity index (χ1) is 5.81. The van der Waals surface area contributed by atoms with Crippen molar-refractivity contribution in [3.05, 3.63) is 23.9 Å². The predicted molar refractivity (Wildman–Crippen MR) is 42.5 cm³/mol. The Bertz CT molecular complexity index is 467. The third kappa shape index (κ3) is 0.805. The van der Waals surface area contributed by atoms with Gasteiger partial charge in [0.15, 0.2) is 0 Å². The number of aromatic hydroxyl groups is 1. The van der Waals surface area contributed by atoms with Gasteiger partial charge in [0.1, 0.15) is 11.8 Å². The summed E-state index contributed by atoms with van der Waals surface area (Å²) in [6, 6.07) is 4.92. The van der Waals surface area contributed by atoms with Crippen LogP contribution >= 0.6 is 0 Å². The Morgan fingerprint density at radius 3 is 3.08 bits per heavy atom. The predicted octanol–water partition coefficient (Wildman–Crippen LogP) is 1.14. The molecule has 0 radical (unpaired) electrons. The normalized spacial score (nSPS) is 9.92. The molecule has 1 heterocycles. The number of nitrogens with zero attached hydrogens (tertiary/aromatic N) is 2. The number of nitrogens with one attached hydrogen (secondary N) is 1. The number of benzene rings is 1. The van der Waals surface area contributed by atoms with Gasteiger partial charge in [-0.2, -0.15) is 10.4 Å². The Kier molecular flexibility index (Phi) is 1.25. The van der Waals surface area contributed by atoms with Crippen LogP contribution in [0, 0.1) is 11.3 Å². The summed E-state index contributed by atoms with van der Waals surface area (Å²) in [5.41, 5.74) is 1.10. The van der Waals surface area contributed by atoms with E-state index in [1.807, 2.05) is 6.07 Å². The van der Waals surface area contributed by atoms with Crippen LogP contribution in [0.4, 0.5) is 0 Å². The van der Waals surface area contributed by atoms with Gasteiger partial charge in [-0.25, -0.2) is 0 Å². The molecule has 58 valence electrons. The number of hydrogen-bond acceptors (Lipinski definition) is 3. The fourth-order valence-electron chi connectivity index (χ4n) is 1.13. The molecule has 0 bridgehead atoms. The van der Waals surface area contributed by atoms with E-state index >= 15 is 0 Å². The number of hydrogen-bond donors (Lipinski definition) is 2. The van der Waals surface area contributed by atoms with Crippen LogP contribution in [-0.2, 0) is 0 Å². The van der Waals surface area contributed by atoms with Crippen LogP contribution in [0.25, 0.3) is 10.9 Å². The van der Waals surface area contributed by atoms with E-state index < -0.39 is 0 Å². The molecule has 0 atom stereocenters. The summed E-state index contributed by atoms with van der Waals surface area (Å²) >= 11 is 0. The number of nitriles is 1. The second-order valence-electron chi connectivity index (χ2n) is 2.44. The van der Waals surface area contributed by atoms with E-state index in [2.05, 4.69) is 10.2 Å². The summed E-state index contributed by atoms with van der Waals surface area (Å²) in [6.45, 7) is 0. The molecule has 0 amide bonds. The molecule has 0 unspecified atom stereocenters. The summed E-state index contributed by atoms with van der Waals surface area (Å²) in [5.74, 6) is 0.0725. The monoisotopic (exact) mass is 159 g/mol. The number of phenolic OH excluding ortho intramolecular Hbond substituents is 1. The Labute approximate surface area is 68.1 Å². The topological polar surface area (TPSA) is 72.7 Å². The van der Waals surface area contributed by atoms with E-state index in [1.165, 1.54) is 12.1 Å². The highest BCUT2D eigenvalue weighted by Gasteiger charge is 2.03. The highest BCUT2D eigenvalue weighted by molar-refractivity contribution is 5.85. The van der Waals surface area contributed by atoms with Crippen molar-refractivity contribution in [2.24, 2.45) is 0 Å². The quantitative estimate of drug-likeness (QED) is 0.605. The molecule has 0 aliphatic heterocycles. The number of aromatic amines is 1. The van der Waals surface area contributed by atoms with Crippen molar-refractivity contribution in [2.75, 3.05) is 0 Å². The number of phenols is 1. The first-order valence-corrected chi connectivity index (χ1v) is 3.37. The lowest BCUT2D eigenvalue weighted by molar-refractivity contribution is 0.476. The fraction of sp³-hybridized carbons (Fsp3) is 0. The van der Waals surface area contributed by atoms with Gasteiger partial charge in [0.25, 0.3) is 0 Å². The van der Waals surface area contributed by atoms with Gasteiger partial charge in [-0.05, 0) is 6.07 Å². The molecule has 2 aromatic rings. The van der Waals surface area contributed by atoms with Crippen LogP contribution < -0.4 is 0 Å². The minimum atomic E-state index is 0.0725. The van der Waals surface area contributed by atoms with Crippen molar-refractivity contribution in [3.63, 3.8) is 0 Å². The minimum Gasteiger partial charge on any atom is -0.508 e. The molecule has 4 nitrogen and oxygen atoms in total. The van der Waals surface area contributed by atoms with Gasteiger partial charge < -0.3 is 5.11 Å². The molecule has 0 spiro atoms. The van der Waals surface area contributed by atoms with E-state index in [9.17, 15) is 0 Å². The lowest BCUT2D eigenvalue weighted by Crippen LogP contribution is -1.76. The first-order valence-electron chi connectivity index (χ1n) is 3.37. The Morgan fingerprint density at radius 1 is 1.50 bits per heavy atom. The summed E-state index contributed by atoms with van der Waals surface area (Å²) in [4.78, 5) is 0. The standard InChI is InChI=1S/C8H5N3O/c9-3-5-1-6(12)2-8-7(5)4-10-11-8/h1-2,4,12H,(H,10,11). The SMILES string of the molecule is N#Cc1cc(O)cc2[nH]ncc12. The zero-order valence-electron chi connectivity index (χ0n) is 6.07. The smallest absolute Gasteiger partial charge is 0.119 e. The fourth-order valence-corrected chi connectivity index (χ4v) is 1.13. The molecule has 2 rings (SSSR count). The average molecular weight is 159 g/mol. The number of fused-ring (bicyclic) bond motifs is 1. The maximum atomic E-state index is 9.16. The number of H-pyrrole nitrogens is 1. The molecular formula is C8H5N3O. The van der Waals surface area contributed by atoms with Crippen LogP contribution in [0.15, 0.2) is 18.3 Å². The maximum Gasteiger partial charge on any atom is 0.119 e. The summed E-state index contributed by atoms with van der Waals surface area (Å²) in [5, 5.41) is 25.0. The van der Waals surface area contributed by atoms with Crippen LogP contribution in [0.2, 0.25) is 0 Å². The maximum absolute atomic E-state index is 9.16. The van der Waals surface area contributed by atoms with Gasteiger partial charge in [-0.3, -0.25) is 5.10 Å². The van der Waals surface area contributed by atoms with Gasteiger partial charge in [0.2, 0.25) is 0 Å².